The van der Waals surface area contributed by atoms with E-state index in [4.69, 9.17) is 0 Å². The molecule has 0 spiro atoms. The quantitative estimate of drug-likeness (QED) is 0.861. The molecule has 1 amide bonds. The van der Waals surface area contributed by atoms with E-state index in [-0.39, 0.29) is 36.3 Å². The third kappa shape index (κ3) is 2.63. The summed E-state index contributed by atoms with van der Waals surface area (Å²) in [6.07, 6.45) is 1.55. The average molecular weight is 312 g/mol. The van der Waals surface area contributed by atoms with Crippen LogP contribution >= 0.6 is 24.8 Å². The summed E-state index contributed by atoms with van der Waals surface area (Å²) in [6.45, 7) is 2.23. The molecular formula is C11H15Cl2NO3S. The van der Waals surface area contributed by atoms with Gasteiger partial charge in [0.05, 0.1) is 5.56 Å². The van der Waals surface area contributed by atoms with Crippen LogP contribution in [0.15, 0.2) is 29.2 Å². The number of carbonyl (C=O) groups is 1. The van der Waals surface area contributed by atoms with Gasteiger partial charge in [-0.25, -0.2) is 12.7 Å². The summed E-state index contributed by atoms with van der Waals surface area (Å²) >= 11 is 0. The minimum absolute atomic E-state index is 0. The van der Waals surface area contributed by atoms with Crippen molar-refractivity contribution in [1.82, 2.24) is 4.31 Å². The van der Waals surface area contributed by atoms with Gasteiger partial charge in [0, 0.05) is 6.54 Å². The van der Waals surface area contributed by atoms with Crippen LogP contribution in [0.5, 0.6) is 0 Å². The Hall–Kier alpha value is -0.780. The van der Waals surface area contributed by atoms with Crippen LogP contribution in [0.1, 0.15) is 30.1 Å². The van der Waals surface area contributed by atoms with E-state index >= 15 is 0 Å². The molecule has 0 fully saturated rings. The number of unbranched alkanes of at least 4 members (excludes halogenated alkanes) is 1. The lowest BCUT2D eigenvalue weighted by atomic mass is 10.2. The number of sulfonamides is 1. The van der Waals surface area contributed by atoms with Crippen molar-refractivity contribution in [3.63, 3.8) is 0 Å². The summed E-state index contributed by atoms with van der Waals surface area (Å²) in [6, 6.07) is 6.35. The van der Waals surface area contributed by atoms with Crippen LogP contribution in [0.25, 0.3) is 0 Å². The number of nitrogens with zero attached hydrogens (tertiary/aromatic N) is 1. The minimum atomic E-state index is -3.58. The number of amides is 1. The van der Waals surface area contributed by atoms with Gasteiger partial charge in [-0.1, -0.05) is 25.5 Å². The van der Waals surface area contributed by atoms with E-state index in [1.54, 1.807) is 18.2 Å². The molecule has 1 aliphatic heterocycles. The first kappa shape index (κ1) is 17.2. The van der Waals surface area contributed by atoms with Crippen molar-refractivity contribution in [2.75, 3.05) is 6.54 Å². The standard InChI is InChI=1S/C11H13NO3S.2ClH/c1-2-3-8-12-11(13)9-6-4-5-7-10(9)16(12,14)15;;/h4-7H,2-3,8H2,1H3;2*1H. The fourth-order valence-corrected chi connectivity index (χ4v) is 3.36. The van der Waals surface area contributed by atoms with E-state index in [9.17, 15) is 13.2 Å². The molecule has 18 heavy (non-hydrogen) atoms. The molecule has 1 aromatic rings. The van der Waals surface area contributed by atoms with Gasteiger partial charge in [0.2, 0.25) is 0 Å². The van der Waals surface area contributed by atoms with Crippen LogP contribution in [-0.2, 0) is 10.0 Å². The number of benzene rings is 1. The van der Waals surface area contributed by atoms with Crippen molar-refractivity contribution in [3.8, 4) is 0 Å². The highest BCUT2D eigenvalue weighted by atomic mass is 35.5. The molecule has 0 aromatic heterocycles. The zero-order valence-corrected chi connectivity index (χ0v) is 12.3. The first-order chi connectivity index (χ1) is 7.59. The van der Waals surface area contributed by atoms with Gasteiger partial charge in [-0.15, -0.1) is 24.8 Å². The summed E-state index contributed by atoms with van der Waals surface area (Å²) < 4.78 is 25.0. The topological polar surface area (TPSA) is 54.5 Å². The van der Waals surface area contributed by atoms with Crippen LogP contribution < -0.4 is 0 Å². The Balaban J connectivity index is 0.00000144. The van der Waals surface area contributed by atoms with Crippen LogP contribution in [0, 0.1) is 0 Å². The first-order valence-electron chi connectivity index (χ1n) is 5.25. The number of halogens is 2. The van der Waals surface area contributed by atoms with Gasteiger partial charge in [-0.2, -0.15) is 0 Å². The average Bonchev–Trinajstić information content (AvgIpc) is 2.46. The van der Waals surface area contributed by atoms with Crippen molar-refractivity contribution < 1.29 is 13.2 Å². The molecule has 102 valence electrons. The van der Waals surface area contributed by atoms with E-state index in [2.05, 4.69) is 0 Å². The molecule has 0 bridgehead atoms. The third-order valence-electron chi connectivity index (χ3n) is 2.63. The zero-order valence-electron chi connectivity index (χ0n) is 9.83. The van der Waals surface area contributed by atoms with Gasteiger partial charge >= 0.3 is 0 Å². The normalized spacial score (nSPS) is 15.6. The molecule has 0 saturated carbocycles. The third-order valence-corrected chi connectivity index (χ3v) is 4.47. The molecule has 0 aliphatic carbocycles. The SMILES string of the molecule is CCCCN1C(=O)c2ccccc2S1(=O)=O.Cl.Cl. The van der Waals surface area contributed by atoms with Crippen LogP contribution in [0.4, 0.5) is 0 Å². The number of hydrogen-bond donors (Lipinski definition) is 0. The lowest BCUT2D eigenvalue weighted by Gasteiger charge is -2.13. The second kappa shape index (κ2) is 6.41. The number of fused-ring (bicyclic) bond motifs is 1. The Morgan fingerprint density at radius 2 is 1.78 bits per heavy atom. The highest BCUT2D eigenvalue weighted by Crippen LogP contribution is 2.29. The molecule has 7 heteroatoms. The maximum Gasteiger partial charge on any atom is 0.269 e. The first-order valence-corrected chi connectivity index (χ1v) is 6.69. The number of rotatable bonds is 3. The van der Waals surface area contributed by atoms with Gasteiger partial charge in [-0.05, 0) is 18.6 Å². The molecule has 0 N–H and O–H groups in total. The molecule has 0 atom stereocenters. The molecule has 0 unspecified atom stereocenters. The number of carbonyl (C=O) groups excluding carboxylic acids is 1. The Morgan fingerprint density at radius 3 is 2.33 bits per heavy atom. The summed E-state index contributed by atoms with van der Waals surface area (Å²) in [5.41, 5.74) is 0.290. The second-order valence-electron chi connectivity index (χ2n) is 3.73. The predicted molar refractivity (Wildman–Crippen MR) is 74.1 cm³/mol. The highest BCUT2D eigenvalue weighted by molar-refractivity contribution is 7.90. The second-order valence-corrected chi connectivity index (χ2v) is 5.56. The molecule has 4 nitrogen and oxygen atoms in total. The summed E-state index contributed by atoms with van der Waals surface area (Å²) in [4.78, 5) is 12.0. The smallest absolute Gasteiger partial charge is 0.268 e. The van der Waals surface area contributed by atoms with E-state index in [1.807, 2.05) is 6.92 Å². The van der Waals surface area contributed by atoms with Crippen molar-refractivity contribution in [3.05, 3.63) is 29.8 Å². The van der Waals surface area contributed by atoms with Crippen molar-refractivity contribution in [2.24, 2.45) is 0 Å². The molecule has 1 heterocycles. The van der Waals surface area contributed by atoms with Crippen molar-refractivity contribution >= 4 is 40.7 Å². The Morgan fingerprint density at radius 1 is 1.17 bits per heavy atom. The lowest BCUT2D eigenvalue weighted by Crippen LogP contribution is -2.30. The molecule has 0 saturated heterocycles. The largest absolute Gasteiger partial charge is 0.269 e. The molecular weight excluding hydrogens is 297 g/mol. The van der Waals surface area contributed by atoms with E-state index in [0.717, 1.165) is 10.7 Å². The monoisotopic (exact) mass is 311 g/mol. The van der Waals surface area contributed by atoms with E-state index in [0.29, 0.717) is 12.0 Å². The van der Waals surface area contributed by atoms with Crippen molar-refractivity contribution in [1.29, 1.82) is 0 Å². The van der Waals surface area contributed by atoms with Crippen molar-refractivity contribution in [2.45, 2.75) is 24.7 Å². The summed E-state index contributed by atoms with van der Waals surface area (Å²) in [7, 11) is -3.58. The molecule has 0 radical (unpaired) electrons. The number of hydrogen-bond acceptors (Lipinski definition) is 3. The van der Waals surface area contributed by atoms with Crippen LogP contribution in [0.3, 0.4) is 0 Å². The Labute approximate surface area is 119 Å². The van der Waals surface area contributed by atoms with Gasteiger partial charge in [0.25, 0.3) is 15.9 Å². The van der Waals surface area contributed by atoms with Gasteiger partial charge in [0.15, 0.2) is 0 Å². The van der Waals surface area contributed by atoms with Gasteiger partial charge in [0.1, 0.15) is 4.90 Å². The predicted octanol–water partition coefficient (Wildman–Crippen LogP) is 2.47. The summed E-state index contributed by atoms with van der Waals surface area (Å²) in [5.74, 6) is -0.399. The molecule has 2 rings (SSSR count). The molecule has 1 aromatic carbocycles. The van der Waals surface area contributed by atoms with Gasteiger partial charge < -0.3 is 0 Å². The Kier molecular flexibility index (Phi) is 6.13. The lowest BCUT2D eigenvalue weighted by molar-refractivity contribution is 0.0870. The molecule has 1 aliphatic rings. The van der Waals surface area contributed by atoms with Crippen LogP contribution in [0.2, 0.25) is 0 Å². The zero-order chi connectivity index (χ0) is 11.8. The summed E-state index contributed by atoms with van der Waals surface area (Å²) in [5, 5.41) is 0. The maximum atomic E-state index is 12.0. The highest BCUT2D eigenvalue weighted by Gasteiger charge is 2.40. The van der Waals surface area contributed by atoms with Gasteiger partial charge in [-0.3, -0.25) is 4.79 Å². The van der Waals surface area contributed by atoms with E-state index < -0.39 is 15.9 Å². The fourth-order valence-electron chi connectivity index (χ4n) is 1.75. The maximum absolute atomic E-state index is 12.0. The van der Waals surface area contributed by atoms with Crippen LogP contribution in [-0.4, -0.2) is 25.2 Å². The van der Waals surface area contributed by atoms with E-state index in [1.165, 1.54) is 6.07 Å². The minimum Gasteiger partial charge on any atom is -0.268 e. The Bertz CT molecular complexity index is 531. The fraction of sp³-hybridized carbons (Fsp3) is 0.364.